The lowest BCUT2D eigenvalue weighted by Crippen LogP contribution is -2.48. The van der Waals surface area contributed by atoms with Crippen LogP contribution in [-0.4, -0.2) is 40.8 Å². The van der Waals surface area contributed by atoms with Crippen molar-refractivity contribution in [3.63, 3.8) is 0 Å². The molecule has 0 saturated carbocycles. The topological polar surface area (TPSA) is 32.7 Å². The quantitative estimate of drug-likeness (QED) is 0.881. The highest BCUT2D eigenvalue weighted by atomic mass is 16.5. The molecule has 3 atom stereocenters. The van der Waals surface area contributed by atoms with E-state index in [2.05, 4.69) is 23.1 Å². The second kappa shape index (κ2) is 4.50. The molecule has 102 valence electrons. The van der Waals surface area contributed by atoms with Gasteiger partial charge in [-0.3, -0.25) is 4.90 Å². The Morgan fingerprint density at radius 1 is 1.16 bits per heavy atom. The third-order valence-electron chi connectivity index (χ3n) is 4.99. The number of hydrogen-bond acceptors (Lipinski definition) is 3. The second-order valence-electron chi connectivity index (χ2n) is 6.26. The van der Waals surface area contributed by atoms with Gasteiger partial charge in [0.05, 0.1) is 6.10 Å². The van der Waals surface area contributed by atoms with Gasteiger partial charge in [-0.15, -0.1) is 0 Å². The van der Waals surface area contributed by atoms with Crippen molar-refractivity contribution in [2.75, 3.05) is 6.54 Å². The van der Waals surface area contributed by atoms with Crippen molar-refractivity contribution in [1.82, 2.24) is 4.90 Å². The Labute approximate surface area is 114 Å². The molecule has 3 aliphatic heterocycles. The Morgan fingerprint density at radius 2 is 1.89 bits per heavy atom. The molecule has 0 spiro atoms. The molecule has 2 bridgehead atoms. The van der Waals surface area contributed by atoms with Gasteiger partial charge in [0.15, 0.2) is 0 Å². The van der Waals surface area contributed by atoms with E-state index in [1.165, 1.54) is 18.4 Å². The van der Waals surface area contributed by atoms with E-state index in [1.54, 1.807) is 0 Å². The monoisotopic (exact) mass is 259 g/mol. The molecular weight excluding hydrogens is 238 g/mol. The largest absolute Gasteiger partial charge is 0.488 e. The van der Waals surface area contributed by atoms with Crippen molar-refractivity contribution in [3.05, 3.63) is 29.8 Å². The number of para-hydroxylation sites is 1. The van der Waals surface area contributed by atoms with Crippen molar-refractivity contribution >= 4 is 0 Å². The molecular formula is C16H21NO2. The Kier molecular flexibility index (Phi) is 2.78. The molecule has 4 rings (SSSR count). The summed E-state index contributed by atoms with van der Waals surface area (Å²) in [5, 5.41) is 9.85. The lowest BCUT2D eigenvalue weighted by atomic mass is 9.99. The van der Waals surface area contributed by atoms with E-state index in [4.69, 9.17) is 4.74 Å². The van der Waals surface area contributed by atoms with E-state index in [1.807, 2.05) is 6.07 Å². The van der Waals surface area contributed by atoms with Crippen molar-refractivity contribution < 1.29 is 9.84 Å². The standard InChI is InChI=1S/C16H21NO2/c18-14-8-12-5-6-13(9-14)17(12)10-15-7-11-3-1-2-4-16(11)19-15/h1-4,12-15,18H,5-10H2. The normalized spacial score (nSPS) is 37.1. The van der Waals surface area contributed by atoms with E-state index in [0.29, 0.717) is 18.2 Å². The van der Waals surface area contributed by atoms with Crippen LogP contribution in [0.4, 0.5) is 0 Å². The summed E-state index contributed by atoms with van der Waals surface area (Å²) in [5.41, 5.74) is 1.34. The molecule has 3 heterocycles. The fourth-order valence-electron chi connectivity index (χ4n) is 4.13. The minimum absolute atomic E-state index is 0.0737. The van der Waals surface area contributed by atoms with Crippen LogP contribution in [0.15, 0.2) is 24.3 Å². The predicted octanol–water partition coefficient (Wildman–Crippen LogP) is 1.98. The molecule has 3 heteroatoms. The Hall–Kier alpha value is -1.06. The molecule has 1 N–H and O–H groups in total. The number of hydrogen-bond donors (Lipinski definition) is 1. The van der Waals surface area contributed by atoms with Crippen LogP contribution in [0.3, 0.4) is 0 Å². The molecule has 1 aromatic carbocycles. The number of ether oxygens (including phenoxy) is 1. The van der Waals surface area contributed by atoms with Gasteiger partial charge in [-0.25, -0.2) is 0 Å². The molecule has 2 fully saturated rings. The average Bonchev–Trinajstić information content (AvgIpc) is 2.90. The molecule has 19 heavy (non-hydrogen) atoms. The second-order valence-corrected chi connectivity index (χ2v) is 6.26. The number of nitrogens with zero attached hydrogens (tertiary/aromatic N) is 1. The molecule has 0 aliphatic carbocycles. The van der Waals surface area contributed by atoms with Gasteiger partial charge in [-0.05, 0) is 37.3 Å². The summed E-state index contributed by atoms with van der Waals surface area (Å²) in [7, 11) is 0. The van der Waals surface area contributed by atoms with Crippen LogP contribution in [0.25, 0.3) is 0 Å². The van der Waals surface area contributed by atoms with Gasteiger partial charge in [0, 0.05) is 25.0 Å². The van der Waals surface area contributed by atoms with E-state index >= 15 is 0 Å². The summed E-state index contributed by atoms with van der Waals surface area (Å²) in [4.78, 5) is 2.60. The molecule has 0 aromatic heterocycles. The number of fused-ring (bicyclic) bond motifs is 3. The first-order chi connectivity index (χ1) is 9.29. The highest BCUT2D eigenvalue weighted by Gasteiger charge is 2.41. The van der Waals surface area contributed by atoms with Gasteiger partial charge in [0.1, 0.15) is 11.9 Å². The van der Waals surface area contributed by atoms with Crippen LogP contribution >= 0.6 is 0 Å². The fraction of sp³-hybridized carbons (Fsp3) is 0.625. The van der Waals surface area contributed by atoms with Crippen LogP contribution in [0.2, 0.25) is 0 Å². The van der Waals surface area contributed by atoms with Gasteiger partial charge >= 0.3 is 0 Å². The van der Waals surface area contributed by atoms with Crippen LogP contribution in [0.5, 0.6) is 5.75 Å². The summed E-state index contributed by atoms with van der Waals surface area (Å²) < 4.78 is 6.06. The van der Waals surface area contributed by atoms with Crippen molar-refractivity contribution in [2.45, 2.75) is 56.4 Å². The highest BCUT2D eigenvalue weighted by Crippen LogP contribution is 2.37. The first-order valence-electron chi connectivity index (χ1n) is 7.48. The van der Waals surface area contributed by atoms with E-state index in [0.717, 1.165) is 31.6 Å². The van der Waals surface area contributed by atoms with Crippen molar-refractivity contribution in [2.24, 2.45) is 0 Å². The maximum absolute atomic E-state index is 9.85. The number of aliphatic hydroxyl groups excluding tert-OH is 1. The van der Waals surface area contributed by atoms with E-state index < -0.39 is 0 Å². The van der Waals surface area contributed by atoms with Crippen molar-refractivity contribution in [1.29, 1.82) is 0 Å². The number of piperidine rings is 1. The Bertz CT molecular complexity index is 437. The SMILES string of the molecule is OC1CC2CCC(C1)N2CC1Cc2ccccc2O1. The van der Waals surface area contributed by atoms with Crippen LogP contribution in [0.1, 0.15) is 31.2 Å². The molecule has 3 nitrogen and oxygen atoms in total. The molecule has 0 radical (unpaired) electrons. The maximum atomic E-state index is 9.85. The summed E-state index contributed by atoms with van der Waals surface area (Å²) in [6.07, 6.45) is 5.68. The zero-order valence-electron chi connectivity index (χ0n) is 11.2. The molecule has 1 aromatic rings. The first kappa shape index (κ1) is 11.7. The summed E-state index contributed by atoms with van der Waals surface area (Å²) in [5.74, 6) is 1.07. The van der Waals surface area contributed by atoms with Crippen LogP contribution in [-0.2, 0) is 6.42 Å². The van der Waals surface area contributed by atoms with Gasteiger partial charge in [0.2, 0.25) is 0 Å². The van der Waals surface area contributed by atoms with Gasteiger partial charge in [0.25, 0.3) is 0 Å². The average molecular weight is 259 g/mol. The molecule has 2 saturated heterocycles. The Morgan fingerprint density at radius 3 is 2.63 bits per heavy atom. The fourth-order valence-corrected chi connectivity index (χ4v) is 4.13. The van der Waals surface area contributed by atoms with Gasteiger partial charge in [-0.2, -0.15) is 0 Å². The highest BCUT2D eigenvalue weighted by molar-refractivity contribution is 5.37. The van der Waals surface area contributed by atoms with E-state index in [-0.39, 0.29) is 6.10 Å². The number of benzene rings is 1. The van der Waals surface area contributed by atoms with E-state index in [9.17, 15) is 5.11 Å². The first-order valence-corrected chi connectivity index (χ1v) is 7.48. The zero-order chi connectivity index (χ0) is 12.8. The third-order valence-corrected chi connectivity index (χ3v) is 4.99. The summed E-state index contributed by atoms with van der Waals surface area (Å²) in [6.45, 7) is 1.02. The van der Waals surface area contributed by atoms with Gasteiger partial charge < -0.3 is 9.84 Å². The number of aliphatic hydroxyl groups is 1. The smallest absolute Gasteiger partial charge is 0.123 e. The summed E-state index contributed by atoms with van der Waals surface area (Å²) in [6, 6.07) is 9.55. The lowest BCUT2D eigenvalue weighted by Gasteiger charge is -2.38. The minimum Gasteiger partial charge on any atom is -0.488 e. The minimum atomic E-state index is -0.0737. The van der Waals surface area contributed by atoms with Gasteiger partial charge in [-0.1, -0.05) is 18.2 Å². The molecule has 3 aliphatic rings. The summed E-state index contributed by atoms with van der Waals surface area (Å²) >= 11 is 0. The lowest BCUT2D eigenvalue weighted by molar-refractivity contribution is 0.0171. The van der Waals surface area contributed by atoms with Crippen molar-refractivity contribution in [3.8, 4) is 5.75 Å². The predicted molar refractivity (Wildman–Crippen MR) is 73.3 cm³/mol. The number of rotatable bonds is 2. The zero-order valence-corrected chi connectivity index (χ0v) is 11.2. The molecule has 3 unspecified atom stereocenters. The van der Waals surface area contributed by atoms with Crippen LogP contribution < -0.4 is 4.74 Å². The molecule has 0 amide bonds. The Balaban J connectivity index is 1.44. The maximum Gasteiger partial charge on any atom is 0.123 e. The van der Waals surface area contributed by atoms with Crippen LogP contribution in [0, 0.1) is 0 Å². The third kappa shape index (κ3) is 2.05.